The lowest BCUT2D eigenvalue weighted by atomic mass is 9.97. The van der Waals surface area contributed by atoms with Gasteiger partial charge in [-0.3, -0.25) is 9.69 Å². The van der Waals surface area contributed by atoms with Crippen LogP contribution in [0.3, 0.4) is 0 Å². The molecule has 1 N–H and O–H groups in total. The number of thioether (sulfide) groups is 1. The number of benzene rings is 2. The summed E-state index contributed by atoms with van der Waals surface area (Å²) in [6.07, 6.45) is 4.89. The molecule has 0 saturated carbocycles. The Balaban J connectivity index is 1.34. The van der Waals surface area contributed by atoms with Crippen LogP contribution in [0.4, 0.5) is 4.79 Å². The lowest BCUT2D eigenvalue weighted by Gasteiger charge is -2.41. The van der Waals surface area contributed by atoms with Crippen molar-refractivity contribution in [2.45, 2.75) is 68.5 Å². The first-order chi connectivity index (χ1) is 19.7. The minimum atomic E-state index is -3.27. The Morgan fingerprint density at radius 3 is 2.17 bits per heavy atom. The lowest BCUT2D eigenvalue weighted by Crippen LogP contribution is -2.49. The molecule has 0 aromatic heterocycles. The van der Waals surface area contributed by atoms with Crippen LogP contribution >= 0.6 is 11.8 Å². The second-order valence-electron chi connectivity index (χ2n) is 11.1. The van der Waals surface area contributed by atoms with E-state index in [-0.39, 0.29) is 35.3 Å². The van der Waals surface area contributed by atoms with Gasteiger partial charge in [0.1, 0.15) is 0 Å². The van der Waals surface area contributed by atoms with Crippen LogP contribution in [-0.2, 0) is 21.1 Å². The smallest absolute Gasteiger partial charge is 0.408 e. The van der Waals surface area contributed by atoms with E-state index >= 15 is 0 Å². The molecule has 2 heterocycles. The molecule has 4 rings (SSSR count). The van der Waals surface area contributed by atoms with Gasteiger partial charge in [0.15, 0.2) is 9.84 Å². The van der Waals surface area contributed by atoms with E-state index < -0.39 is 15.9 Å². The number of sulfone groups is 1. The van der Waals surface area contributed by atoms with E-state index in [0.29, 0.717) is 6.54 Å². The number of piperidine rings is 1. The Labute approximate surface area is 249 Å². The van der Waals surface area contributed by atoms with Gasteiger partial charge in [-0.1, -0.05) is 42.5 Å². The predicted octanol–water partition coefficient (Wildman–Crippen LogP) is 4.95. The molecule has 41 heavy (non-hydrogen) atoms. The summed E-state index contributed by atoms with van der Waals surface area (Å²) in [5.74, 6) is 2.06. The highest BCUT2D eigenvalue weighted by molar-refractivity contribution is 7.99. The molecule has 224 valence electrons. The Bertz CT molecular complexity index is 1240. The fourth-order valence-electron chi connectivity index (χ4n) is 6.18. The first-order valence-electron chi connectivity index (χ1n) is 14.6. The predicted molar refractivity (Wildman–Crippen MR) is 164 cm³/mol. The van der Waals surface area contributed by atoms with Gasteiger partial charge in [0.25, 0.3) is 0 Å². The third-order valence-corrected chi connectivity index (χ3v) is 10.6. The van der Waals surface area contributed by atoms with Crippen LogP contribution < -0.4 is 0 Å². The first kappa shape index (κ1) is 31.4. The number of likely N-dealkylation sites (tertiary alicyclic amines) is 1. The second kappa shape index (κ2) is 14.6. The van der Waals surface area contributed by atoms with E-state index in [0.717, 1.165) is 74.4 Å². The molecule has 2 saturated heterocycles. The second-order valence-corrected chi connectivity index (χ2v) is 14.3. The van der Waals surface area contributed by atoms with Crippen molar-refractivity contribution in [2.24, 2.45) is 0 Å². The van der Waals surface area contributed by atoms with E-state index in [2.05, 4.69) is 4.90 Å². The first-order valence-corrected chi connectivity index (χ1v) is 17.7. The molecule has 2 amide bonds. The van der Waals surface area contributed by atoms with Crippen molar-refractivity contribution >= 4 is 33.6 Å². The van der Waals surface area contributed by atoms with Crippen LogP contribution in [0.25, 0.3) is 0 Å². The van der Waals surface area contributed by atoms with Gasteiger partial charge in [0, 0.05) is 44.5 Å². The van der Waals surface area contributed by atoms with Gasteiger partial charge in [0.05, 0.1) is 17.4 Å². The molecule has 0 aliphatic carbocycles. The molecule has 2 aliphatic rings. The quantitative estimate of drug-likeness (QED) is 0.389. The van der Waals surface area contributed by atoms with Crippen molar-refractivity contribution in [3.8, 4) is 0 Å². The Kier molecular flexibility index (Phi) is 11.1. The summed E-state index contributed by atoms with van der Waals surface area (Å²) >= 11 is 1.90. The van der Waals surface area contributed by atoms with Crippen molar-refractivity contribution in [1.29, 1.82) is 0 Å². The zero-order chi connectivity index (χ0) is 29.4. The summed E-state index contributed by atoms with van der Waals surface area (Å²) in [5, 5.41) is 10.3. The highest BCUT2D eigenvalue weighted by Gasteiger charge is 2.34. The molecule has 2 aliphatic heterocycles. The van der Waals surface area contributed by atoms with Gasteiger partial charge in [-0.15, -0.1) is 0 Å². The standard InChI is InChI=1S/C31H43N3O5S2/c1-3-33(30(35)23-24-9-11-28(12-10-24)41(2,38)39)26-13-18-32(19-14-26)20-15-29(25-7-5-4-6-8-25)34(31(36)37)27-16-21-40-22-17-27/h4-12,26-27,29H,3,13-23H2,1-2H3,(H,36,37)/t29-/m0/s1. The van der Waals surface area contributed by atoms with Crippen LogP contribution in [0, 0.1) is 0 Å². The van der Waals surface area contributed by atoms with Gasteiger partial charge >= 0.3 is 6.09 Å². The number of nitrogens with zero attached hydrogens (tertiary/aromatic N) is 3. The number of carboxylic acid groups (broad SMARTS) is 1. The average molecular weight is 602 g/mol. The highest BCUT2D eigenvalue weighted by atomic mass is 32.2. The summed E-state index contributed by atoms with van der Waals surface area (Å²) in [5.41, 5.74) is 1.86. The third kappa shape index (κ3) is 8.49. The zero-order valence-corrected chi connectivity index (χ0v) is 25.8. The molecule has 0 spiro atoms. The maximum atomic E-state index is 13.2. The molecule has 0 bridgehead atoms. The zero-order valence-electron chi connectivity index (χ0n) is 24.2. The van der Waals surface area contributed by atoms with E-state index in [1.54, 1.807) is 29.2 Å². The minimum Gasteiger partial charge on any atom is -0.465 e. The highest BCUT2D eigenvalue weighted by Crippen LogP contribution is 2.32. The van der Waals surface area contributed by atoms with E-state index in [1.165, 1.54) is 6.26 Å². The van der Waals surface area contributed by atoms with Crippen molar-refractivity contribution in [3.05, 3.63) is 65.7 Å². The third-order valence-electron chi connectivity index (χ3n) is 8.41. The average Bonchev–Trinajstić information content (AvgIpc) is 2.97. The summed E-state index contributed by atoms with van der Waals surface area (Å²) < 4.78 is 23.5. The van der Waals surface area contributed by atoms with Crippen LogP contribution in [0.2, 0.25) is 0 Å². The van der Waals surface area contributed by atoms with Crippen LogP contribution in [0.5, 0.6) is 0 Å². The van der Waals surface area contributed by atoms with Crippen LogP contribution in [-0.4, -0.2) is 96.2 Å². The Morgan fingerprint density at radius 2 is 1.61 bits per heavy atom. The van der Waals surface area contributed by atoms with Crippen LogP contribution in [0.15, 0.2) is 59.5 Å². The van der Waals surface area contributed by atoms with E-state index in [9.17, 15) is 23.1 Å². The van der Waals surface area contributed by atoms with Gasteiger partial charge < -0.3 is 14.9 Å². The molecule has 8 nitrogen and oxygen atoms in total. The fraction of sp³-hybridized carbons (Fsp3) is 0.548. The number of amides is 2. The summed E-state index contributed by atoms with van der Waals surface area (Å²) in [4.78, 5) is 32.1. The van der Waals surface area contributed by atoms with Crippen molar-refractivity contribution < 1.29 is 23.1 Å². The summed E-state index contributed by atoms with van der Waals surface area (Å²) in [6.45, 7) is 5.18. The SMILES string of the molecule is CCN(C(=O)Cc1ccc(S(C)(=O)=O)cc1)C1CCN(CC[C@@H](c2ccccc2)N(C(=O)O)C2CCSCC2)CC1. The lowest BCUT2D eigenvalue weighted by molar-refractivity contribution is -0.133. The maximum Gasteiger partial charge on any atom is 0.408 e. The van der Waals surface area contributed by atoms with Crippen molar-refractivity contribution in [1.82, 2.24) is 14.7 Å². The number of rotatable bonds is 11. The molecular weight excluding hydrogens is 558 g/mol. The van der Waals surface area contributed by atoms with Gasteiger partial charge in [-0.2, -0.15) is 11.8 Å². The van der Waals surface area contributed by atoms with Crippen molar-refractivity contribution in [3.63, 3.8) is 0 Å². The molecular formula is C31H43N3O5S2. The van der Waals surface area contributed by atoms with E-state index in [4.69, 9.17) is 0 Å². The molecule has 2 aromatic rings. The summed E-state index contributed by atoms with van der Waals surface area (Å²) in [6, 6.07) is 16.6. The number of carbonyl (C=O) groups is 2. The normalized spacial score (nSPS) is 18.1. The fourth-order valence-corrected chi connectivity index (χ4v) is 7.89. The number of hydrogen-bond acceptors (Lipinski definition) is 6. The largest absolute Gasteiger partial charge is 0.465 e. The minimum absolute atomic E-state index is 0.0522. The summed E-state index contributed by atoms with van der Waals surface area (Å²) in [7, 11) is -3.27. The molecule has 10 heteroatoms. The number of carbonyl (C=O) groups excluding carboxylic acids is 1. The van der Waals surface area contributed by atoms with Gasteiger partial charge in [-0.25, -0.2) is 13.2 Å². The van der Waals surface area contributed by atoms with Crippen molar-refractivity contribution in [2.75, 3.05) is 43.9 Å². The number of likely N-dealkylation sites (N-methyl/N-ethyl adjacent to an activating group) is 1. The Hall–Kier alpha value is -2.56. The monoisotopic (exact) mass is 601 g/mol. The van der Waals surface area contributed by atoms with Gasteiger partial charge in [0.2, 0.25) is 5.91 Å². The Morgan fingerprint density at radius 1 is 0.976 bits per heavy atom. The van der Waals surface area contributed by atoms with E-state index in [1.807, 2.05) is 53.9 Å². The van der Waals surface area contributed by atoms with Gasteiger partial charge in [-0.05, 0) is 73.8 Å². The molecule has 0 radical (unpaired) electrons. The molecule has 0 unspecified atom stereocenters. The number of hydrogen-bond donors (Lipinski definition) is 1. The molecule has 2 fully saturated rings. The molecule has 1 atom stereocenters. The molecule has 2 aromatic carbocycles. The maximum absolute atomic E-state index is 13.2. The topological polar surface area (TPSA) is 98.2 Å². The van der Waals surface area contributed by atoms with Crippen LogP contribution in [0.1, 0.15) is 56.2 Å².